The van der Waals surface area contributed by atoms with Crippen LogP contribution in [0.5, 0.6) is 0 Å². The van der Waals surface area contributed by atoms with E-state index in [1.165, 1.54) is 66.5 Å². The van der Waals surface area contributed by atoms with E-state index < -0.39 is 0 Å². The zero-order chi connectivity index (χ0) is 24.3. The SMILES string of the molecule is CC.C\C=C/C=c1/cc(-c2ccc3c(c2)CC3(CC)C(CCC)CCC)cc/c1=C\CCC. The second-order valence-electron chi connectivity index (χ2n) is 9.36. The summed E-state index contributed by atoms with van der Waals surface area (Å²) in [5.41, 5.74) is 6.34. The highest BCUT2D eigenvalue weighted by atomic mass is 14.5. The van der Waals surface area contributed by atoms with Crippen molar-refractivity contribution in [2.24, 2.45) is 5.92 Å². The number of rotatable bonds is 10. The van der Waals surface area contributed by atoms with Crippen LogP contribution in [0.15, 0.2) is 48.6 Å². The van der Waals surface area contributed by atoms with E-state index in [1.807, 2.05) is 13.8 Å². The summed E-state index contributed by atoms with van der Waals surface area (Å²) in [5, 5.41) is 2.67. The molecule has 0 bridgehead atoms. The van der Waals surface area contributed by atoms with Crippen molar-refractivity contribution in [2.75, 3.05) is 0 Å². The summed E-state index contributed by atoms with van der Waals surface area (Å²) in [6.45, 7) is 15.4. The molecule has 0 nitrogen and oxygen atoms in total. The molecule has 0 aromatic heterocycles. The van der Waals surface area contributed by atoms with Gasteiger partial charge in [-0.25, -0.2) is 0 Å². The molecule has 1 aliphatic carbocycles. The van der Waals surface area contributed by atoms with E-state index in [1.54, 1.807) is 11.1 Å². The quantitative estimate of drug-likeness (QED) is 0.343. The summed E-state index contributed by atoms with van der Waals surface area (Å²) in [4.78, 5) is 0. The molecule has 0 saturated carbocycles. The van der Waals surface area contributed by atoms with Gasteiger partial charge in [-0.3, -0.25) is 0 Å². The topological polar surface area (TPSA) is 0 Å². The van der Waals surface area contributed by atoms with Crippen molar-refractivity contribution in [1.29, 1.82) is 0 Å². The van der Waals surface area contributed by atoms with E-state index in [9.17, 15) is 0 Å². The minimum Gasteiger partial charge on any atom is -0.0876 e. The average Bonchev–Trinajstić information content (AvgIpc) is 2.84. The molecular formula is C33H48. The van der Waals surface area contributed by atoms with Crippen LogP contribution < -0.4 is 10.4 Å². The van der Waals surface area contributed by atoms with Gasteiger partial charge in [0.2, 0.25) is 0 Å². The molecule has 0 heteroatoms. The number of hydrogen-bond acceptors (Lipinski definition) is 0. The van der Waals surface area contributed by atoms with Gasteiger partial charge < -0.3 is 0 Å². The third-order valence-corrected chi connectivity index (χ3v) is 7.38. The number of fused-ring (bicyclic) bond motifs is 1. The first kappa shape index (κ1) is 27.2. The van der Waals surface area contributed by atoms with E-state index in [4.69, 9.17) is 0 Å². The van der Waals surface area contributed by atoms with Gasteiger partial charge in [0, 0.05) is 5.41 Å². The lowest BCUT2D eigenvalue weighted by Crippen LogP contribution is -2.45. The van der Waals surface area contributed by atoms with Crippen molar-refractivity contribution >= 4 is 12.2 Å². The minimum absolute atomic E-state index is 0.420. The Morgan fingerprint density at radius 3 is 2.09 bits per heavy atom. The summed E-state index contributed by atoms with van der Waals surface area (Å²) in [7, 11) is 0. The first-order valence-electron chi connectivity index (χ1n) is 13.7. The molecule has 2 aromatic carbocycles. The normalized spacial score (nSPS) is 18.3. The minimum atomic E-state index is 0.420. The molecule has 1 unspecified atom stereocenters. The van der Waals surface area contributed by atoms with Gasteiger partial charge >= 0.3 is 0 Å². The molecule has 0 amide bonds. The molecule has 180 valence electrons. The molecule has 0 saturated heterocycles. The van der Waals surface area contributed by atoms with E-state index >= 15 is 0 Å². The van der Waals surface area contributed by atoms with Crippen LogP contribution >= 0.6 is 0 Å². The van der Waals surface area contributed by atoms with Gasteiger partial charge in [0.1, 0.15) is 0 Å². The van der Waals surface area contributed by atoms with Gasteiger partial charge in [-0.2, -0.15) is 0 Å². The molecule has 1 atom stereocenters. The van der Waals surface area contributed by atoms with E-state index in [0.29, 0.717) is 5.41 Å². The van der Waals surface area contributed by atoms with Crippen molar-refractivity contribution in [1.82, 2.24) is 0 Å². The third-order valence-electron chi connectivity index (χ3n) is 7.38. The molecular weight excluding hydrogens is 396 g/mol. The first-order valence-corrected chi connectivity index (χ1v) is 13.7. The maximum Gasteiger partial charge on any atom is 0.00218 e. The number of benzene rings is 2. The van der Waals surface area contributed by atoms with E-state index in [-0.39, 0.29) is 0 Å². The Bertz CT molecular complexity index is 1000. The Hall–Kier alpha value is -2.08. The van der Waals surface area contributed by atoms with Crippen LogP contribution in [0, 0.1) is 5.92 Å². The summed E-state index contributed by atoms with van der Waals surface area (Å²) in [5.74, 6) is 0.835. The Kier molecular flexibility index (Phi) is 11.2. The van der Waals surface area contributed by atoms with Crippen LogP contribution in [-0.2, 0) is 11.8 Å². The summed E-state index contributed by atoms with van der Waals surface area (Å²) >= 11 is 0. The fourth-order valence-corrected chi connectivity index (χ4v) is 5.68. The highest BCUT2D eigenvalue weighted by Gasteiger charge is 2.46. The second kappa shape index (κ2) is 13.6. The maximum atomic E-state index is 2.47. The number of hydrogen-bond donors (Lipinski definition) is 0. The number of allylic oxidation sites excluding steroid dienone is 2. The van der Waals surface area contributed by atoms with E-state index in [0.717, 1.165) is 12.3 Å². The molecule has 0 N–H and O–H groups in total. The lowest BCUT2D eigenvalue weighted by molar-refractivity contribution is 0.192. The maximum absolute atomic E-state index is 2.47. The molecule has 0 fully saturated rings. The molecule has 0 radical (unpaired) electrons. The van der Waals surface area contributed by atoms with Crippen molar-refractivity contribution in [3.05, 3.63) is 70.1 Å². The Morgan fingerprint density at radius 1 is 0.848 bits per heavy atom. The largest absolute Gasteiger partial charge is 0.0876 e. The first-order chi connectivity index (χ1) is 16.1. The lowest BCUT2D eigenvalue weighted by Gasteiger charge is -2.50. The predicted molar refractivity (Wildman–Crippen MR) is 150 cm³/mol. The van der Waals surface area contributed by atoms with Crippen molar-refractivity contribution in [2.45, 2.75) is 105 Å². The molecule has 0 aliphatic heterocycles. The van der Waals surface area contributed by atoms with Gasteiger partial charge in [0.25, 0.3) is 0 Å². The van der Waals surface area contributed by atoms with Crippen LogP contribution in [0.25, 0.3) is 23.3 Å². The Labute approximate surface area is 204 Å². The van der Waals surface area contributed by atoms with Crippen LogP contribution in [-0.4, -0.2) is 0 Å². The highest BCUT2D eigenvalue weighted by molar-refractivity contribution is 5.68. The predicted octanol–water partition coefficient (Wildman–Crippen LogP) is 8.74. The summed E-state index contributed by atoms with van der Waals surface area (Å²) < 4.78 is 0. The van der Waals surface area contributed by atoms with Crippen LogP contribution in [0.1, 0.15) is 105 Å². The molecule has 1 aliphatic rings. The fraction of sp³-hybridized carbons (Fsp3) is 0.515. The van der Waals surface area contributed by atoms with Crippen molar-refractivity contribution in [3.63, 3.8) is 0 Å². The molecule has 3 rings (SSSR count). The highest BCUT2D eigenvalue weighted by Crippen LogP contribution is 2.52. The zero-order valence-corrected chi connectivity index (χ0v) is 22.5. The van der Waals surface area contributed by atoms with Crippen molar-refractivity contribution in [3.8, 4) is 11.1 Å². The summed E-state index contributed by atoms with van der Waals surface area (Å²) in [6.07, 6.45) is 19.0. The average molecular weight is 445 g/mol. The Morgan fingerprint density at radius 2 is 1.52 bits per heavy atom. The fourth-order valence-electron chi connectivity index (χ4n) is 5.68. The van der Waals surface area contributed by atoms with Crippen LogP contribution in [0.4, 0.5) is 0 Å². The zero-order valence-electron chi connectivity index (χ0n) is 22.5. The monoisotopic (exact) mass is 444 g/mol. The third kappa shape index (κ3) is 6.08. The van der Waals surface area contributed by atoms with Crippen molar-refractivity contribution < 1.29 is 0 Å². The molecule has 0 heterocycles. The van der Waals surface area contributed by atoms with Gasteiger partial charge in [-0.05, 0) is 83.7 Å². The van der Waals surface area contributed by atoms with E-state index in [2.05, 4.69) is 95.3 Å². The second-order valence-corrected chi connectivity index (χ2v) is 9.36. The van der Waals surface area contributed by atoms with Gasteiger partial charge in [-0.1, -0.05) is 115 Å². The van der Waals surface area contributed by atoms with Crippen LogP contribution in [0.2, 0.25) is 0 Å². The molecule has 0 spiro atoms. The van der Waals surface area contributed by atoms with Gasteiger partial charge in [0.05, 0.1) is 0 Å². The van der Waals surface area contributed by atoms with Gasteiger partial charge in [0.15, 0.2) is 0 Å². The lowest BCUT2D eigenvalue weighted by atomic mass is 9.54. The molecule has 2 aromatic rings. The Balaban J connectivity index is 0.00000187. The van der Waals surface area contributed by atoms with Gasteiger partial charge in [-0.15, -0.1) is 0 Å². The molecule has 33 heavy (non-hydrogen) atoms. The number of unbranched alkanes of at least 4 members (excludes halogenated alkanes) is 1. The van der Waals surface area contributed by atoms with Crippen LogP contribution in [0.3, 0.4) is 0 Å². The summed E-state index contributed by atoms with van der Waals surface area (Å²) in [6, 6.07) is 14.3. The smallest absolute Gasteiger partial charge is 0.00218 e. The standard InChI is InChI=1S/C31H42.C2H6/c1-6-11-15-24-17-18-26(21-25(24)16-12-7-2)27-19-20-30-28(22-27)23-31(30,10-5)29(13-8-3)14-9-4;1-2/h7,12,15-22,29H,6,8-11,13-14,23H2,1-5H3;1-2H3/b12-7-,24-15+,25-16-;.